The van der Waals surface area contributed by atoms with Crippen molar-refractivity contribution in [2.24, 2.45) is 0 Å². The number of aromatic nitrogens is 1. The normalized spacial score (nSPS) is 27.5. The molecule has 0 amide bonds. The number of pyridine rings is 1. The van der Waals surface area contributed by atoms with Crippen LogP contribution in [-0.2, 0) is 10.0 Å². The summed E-state index contributed by atoms with van der Waals surface area (Å²) in [5.41, 5.74) is 0. The van der Waals surface area contributed by atoms with Gasteiger partial charge in [0, 0.05) is 38.4 Å². The van der Waals surface area contributed by atoms with Crippen LogP contribution in [0.3, 0.4) is 0 Å². The van der Waals surface area contributed by atoms with E-state index in [1.807, 2.05) is 0 Å². The Hall–Kier alpha value is -1.18. The average Bonchev–Trinajstić information content (AvgIpc) is 2.71. The molecule has 2 saturated heterocycles. The fourth-order valence-corrected chi connectivity index (χ4v) is 4.76. The molecule has 3 heterocycles. The van der Waals surface area contributed by atoms with Gasteiger partial charge in [0.05, 0.1) is 0 Å². The molecule has 6 nitrogen and oxygen atoms in total. The number of nitrogens with one attached hydrogen (secondary N) is 1. The molecule has 2 bridgehead atoms. The van der Waals surface area contributed by atoms with Crippen molar-refractivity contribution in [2.75, 3.05) is 32.5 Å². The van der Waals surface area contributed by atoms with Crippen molar-refractivity contribution < 1.29 is 8.42 Å². The minimum absolute atomic E-state index is 0.280. The SMILES string of the molecule is CNc1ccc(S(=O)(=O)N2CCC3CCC(C2)N3C)cn1. The molecule has 0 radical (unpaired) electrons. The van der Waals surface area contributed by atoms with E-state index >= 15 is 0 Å². The second-order valence-electron chi connectivity index (χ2n) is 5.83. The fourth-order valence-electron chi connectivity index (χ4n) is 3.33. The number of anilines is 1. The second kappa shape index (κ2) is 5.55. The minimum atomic E-state index is -3.44. The summed E-state index contributed by atoms with van der Waals surface area (Å²) in [5, 5.41) is 2.90. The van der Waals surface area contributed by atoms with Gasteiger partial charge in [0.2, 0.25) is 10.0 Å². The van der Waals surface area contributed by atoms with E-state index in [1.54, 1.807) is 23.5 Å². The van der Waals surface area contributed by atoms with E-state index < -0.39 is 10.0 Å². The van der Waals surface area contributed by atoms with Crippen LogP contribution in [0.5, 0.6) is 0 Å². The molecule has 1 N–H and O–H groups in total. The van der Waals surface area contributed by atoms with Crippen molar-refractivity contribution >= 4 is 15.8 Å². The Morgan fingerprint density at radius 2 is 2.00 bits per heavy atom. The summed E-state index contributed by atoms with van der Waals surface area (Å²) in [6, 6.07) is 4.20. The molecule has 2 aliphatic heterocycles. The van der Waals surface area contributed by atoms with Gasteiger partial charge in [0.25, 0.3) is 0 Å². The van der Waals surface area contributed by atoms with Gasteiger partial charge >= 0.3 is 0 Å². The van der Waals surface area contributed by atoms with Crippen LogP contribution in [0.1, 0.15) is 19.3 Å². The van der Waals surface area contributed by atoms with Crippen LogP contribution in [0.25, 0.3) is 0 Å². The zero-order valence-corrected chi connectivity index (χ0v) is 13.3. The van der Waals surface area contributed by atoms with Crippen LogP contribution < -0.4 is 5.32 Å². The van der Waals surface area contributed by atoms with Crippen molar-refractivity contribution in [2.45, 2.75) is 36.2 Å². The molecule has 0 saturated carbocycles. The first-order chi connectivity index (χ1) is 10.0. The van der Waals surface area contributed by atoms with Crippen LogP contribution in [0.15, 0.2) is 23.2 Å². The van der Waals surface area contributed by atoms with Gasteiger partial charge in [0.1, 0.15) is 10.7 Å². The quantitative estimate of drug-likeness (QED) is 0.901. The minimum Gasteiger partial charge on any atom is -0.373 e. The standard InChI is InChI=1S/C14H22N4O2S/c1-15-14-6-5-13(9-16-14)21(19,20)18-8-7-11-3-4-12(10-18)17(11)2/h5-6,9,11-12H,3-4,7-8,10H2,1-2H3,(H,15,16). The maximum atomic E-state index is 12.8. The van der Waals surface area contributed by atoms with Crippen molar-refractivity contribution in [3.63, 3.8) is 0 Å². The highest BCUT2D eigenvalue weighted by atomic mass is 32.2. The largest absolute Gasteiger partial charge is 0.373 e. The van der Waals surface area contributed by atoms with Crippen LogP contribution in [0.2, 0.25) is 0 Å². The number of likely N-dealkylation sites (N-methyl/N-ethyl adjacent to an activating group) is 1. The molecule has 2 unspecified atom stereocenters. The molecule has 0 spiro atoms. The summed E-state index contributed by atoms with van der Waals surface area (Å²) in [5.74, 6) is 0.670. The van der Waals surface area contributed by atoms with E-state index in [-0.39, 0.29) is 4.90 Å². The van der Waals surface area contributed by atoms with Crippen molar-refractivity contribution in [1.29, 1.82) is 0 Å². The Balaban J connectivity index is 1.84. The molecule has 7 heteroatoms. The van der Waals surface area contributed by atoms with Crippen molar-refractivity contribution in [3.8, 4) is 0 Å². The van der Waals surface area contributed by atoms with Crippen molar-refractivity contribution in [1.82, 2.24) is 14.2 Å². The van der Waals surface area contributed by atoms with Gasteiger partial charge in [-0.25, -0.2) is 13.4 Å². The third-order valence-electron chi connectivity index (χ3n) is 4.74. The highest BCUT2D eigenvalue weighted by molar-refractivity contribution is 7.89. The third-order valence-corrected chi connectivity index (χ3v) is 6.59. The number of sulfonamides is 1. The van der Waals surface area contributed by atoms with E-state index in [9.17, 15) is 8.42 Å². The van der Waals surface area contributed by atoms with Gasteiger partial charge in [-0.3, -0.25) is 4.90 Å². The highest BCUT2D eigenvalue weighted by Crippen LogP contribution is 2.30. The Kier molecular flexibility index (Phi) is 3.90. The van der Waals surface area contributed by atoms with Crippen LogP contribution in [0, 0.1) is 0 Å². The molecule has 2 atom stereocenters. The maximum Gasteiger partial charge on any atom is 0.244 e. The summed E-state index contributed by atoms with van der Waals surface area (Å²) >= 11 is 0. The van der Waals surface area contributed by atoms with Gasteiger partial charge in [-0.2, -0.15) is 4.31 Å². The highest BCUT2D eigenvalue weighted by Gasteiger charge is 2.38. The fraction of sp³-hybridized carbons (Fsp3) is 0.643. The molecule has 1 aromatic rings. The molecule has 2 fully saturated rings. The zero-order valence-electron chi connectivity index (χ0n) is 12.5. The first kappa shape index (κ1) is 14.7. The smallest absolute Gasteiger partial charge is 0.244 e. The van der Waals surface area contributed by atoms with Crippen LogP contribution >= 0.6 is 0 Å². The molecule has 1 aromatic heterocycles. The number of rotatable bonds is 3. The molecular weight excluding hydrogens is 288 g/mol. The number of fused-ring (bicyclic) bond motifs is 2. The van der Waals surface area contributed by atoms with Gasteiger partial charge in [-0.05, 0) is 38.4 Å². The third kappa shape index (κ3) is 2.65. The lowest BCUT2D eigenvalue weighted by molar-refractivity contribution is 0.246. The number of hydrogen-bond donors (Lipinski definition) is 1. The summed E-state index contributed by atoms with van der Waals surface area (Å²) in [7, 11) is 0.435. The Morgan fingerprint density at radius 1 is 1.24 bits per heavy atom. The molecular formula is C14H22N4O2S. The summed E-state index contributed by atoms with van der Waals surface area (Å²) in [6.07, 6.45) is 4.62. The maximum absolute atomic E-state index is 12.8. The van der Waals surface area contributed by atoms with E-state index in [0.29, 0.717) is 31.0 Å². The van der Waals surface area contributed by atoms with E-state index in [0.717, 1.165) is 12.8 Å². The van der Waals surface area contributed by atoms with Gasteiger partial charge in [-0.15, -0.1) is 0 Å². The van der Waals surface area contributed by atoms with E-state index in [2.05, 4.69) is 22.2 Å². The lowest BCUT2D eigenvalue weighted by Gasteiger charge is -2.25. The summed E-state index contributed by atoms with van der Waals surface area (Å²) in [4.78, 5) is 6.74. The molecule has 3 rings (SSSR count). The lowest BCUT2D eigenvalue weighted by Crippen LogP contribution is -2.39. The van der Waals surface area contributed by atoms with Crippen LogP contribution in [-0.4, -0.2) is 61.9 Å². The first-order valence-electron chi connectivity index (χ1n) is 7.38. The summed E-state index contributed by atoms with van der Waals surface area (Å²) < 4.78 is 27.2. The van der Waals surface area contributed by atoms with E-state index in [4.69, 9.17) is 0 Å². The summed E-state index contributed by atoms with van der Waals surface area (Å²) in [6.45, 7) is 1.19. The molecule has 116 valence electrons. The topological polar surface area (TPSA) is 65.5 Å². The second-order valence-corrected chi connectivity index (χ2v) is 7.77. The number of hydrogen-bond acceptors (Lipinski definition) is 5. The predicted octanol–water partition coefficient (Wildman–Crippen LogP) is 0.980. The number of nitrogens with zero attached hydrogens (tertiary/aromatic N) is 3. The Labute approximate surface area is 126 Å². The molecule has 21 heavy (non-hydrogen) atoms. The lowest BCUT2D eigenvalue weighted by atomic mass is 10.1. The van der Waals surface area contributed by atoms with Gasteiger partial charge in [-0.1, -0.05) is 0 Å². The molecule has 2 aliphatic rings. The molecule has 0 aromatic carbocycles. The van der Waals surface area contributed by atoms with E-state index in [1.165, 1.54) is 12.6 Å². The molecule has 0 aliphatic carbocycles. The van der Waals surface area contributed by atoms with Crippen molar-refractivity contribution in [3.05, 3.63) is 18.3 Å². The van der Waals surface area contributed by atoms with Gasteiger partial charge in [0.15, 0.2) is 0 Å². The zero-order chi connectivity index (χ0) is 15.0. The van der Waals surface area contributed by atoms with Gasteiger partial charge < -0.3 is 5.32 Å². The Bertz CT molecular complexity index is 602. The predicted molar refractivity (Wildman–Crippen MR) is 81.7 cm³/mol. The van der Waals surface area contributed by atoms with Crippen LogP contribution in [0.4, 0.5) is 5.82 Å². The Morgan fingerprint density at radius 3 is 2.67 bits per heavy atom. The monoisotopic (exact) mass is 310 g/mol. The average molecular weight is 310 g/mol. The first-order valence-corrected chi connectivity index (χ1v) is 8.82.